The molecular weight excluding hydrogens is 252 g/mol. The minimum absolute atomic E-state index is 0.955. The maximum absolute atomic E-state index is 4.18. The largest absolute Gasteiger partial charge is 0.158 e. The number of rotatable bonds is 0. The van der Waals surface area contributed by atoms with E-state index < -0.39 is 0 Å². The second-order valence-electron chi connectivity index (χ2n) is 3.40. The summed E-state index contributed by atoms with van der Waals surface area (Å²) in [6, 6.07) is 12.3. The molecule has 0 spiro atoms. The molecule has 0 aliphatic carbocycles. The Morgan fingerprint density at radius 2 is 1.73 bits per heavy atom. The van der Waals surface area contributed by atoms with E-state index in [-0.39, 0.29) is 0 Å². The van der Waals surface area contributed by atoms with Crippen molar-refractivity contribution in [2.75, 3.05) is 0 Å². The zero-order valence-corrected chi connectivity index (χ0v) is 9.40. The van der Waals surface area contributed by atoms with Crippen LogP contribution < -0.4 is 0 Å². The van der Waals surface area contributed by atoms with Gasteiger partial charge in [0, 0.05) is 15.2 Å². The van der Waals surface area contributed by atoms with E-state index in [2.05, 4.69) is 50.4 Å². The van der Waals surface area contributed by atoms with E-state index >= 15 is 0 Å². The van der Waals surface area contributed by atoms with Crippen LogP contribution in [0.15, 0.2) is 47.1 Å². The molecule has 3 aromatic rings. The lowest BCUT2D eigenvalue weighted by molar-refractivity contribution is 1.08. The standard InChI is InChI=1S/C12H7BrN2/c13-10-4-3-8-1-2-9-5-6-14-15-12(9)11(8)7-10/h1-7H. The third-order valence-electron chi connectivity index (χ3n) is 2.46. The van der Waals surface area contributed by atoms with Crippen molar-refractivity contribution in [3.05, 3.63) is 47.1 Å². The lowest BCUT2D eigenvalue weighted by Gasteiger charge is -2.02. The second-order valence-corrected chi connectivity index (χ2v) is 4.32. The summed E-state index contributed by atoms with van der Waals surface area (Å²) >= 11 is 3.47. The number of hydrogen-bond donors (Lipinski definition) is 0. The van der Waals surface area contributed by atoms with Gasteiger partial charge in [0.05, 0.1) is 6.20 Å². The third-order valence-corrected chi connectivity index (χ3v) is 2.96. The molecule has 0 aliphatic heterocycles. The molecule has 72 valence electrons. The van der Waals surface area contributed by atoms with E-state index in [0.717, 1.165) is 20.8 Å². The van der Waals surface area contributed by atoms with E-state index in [9.17, 15) is 0 Å². The van der Waals surface area contributed by atoms with Crippen molar-refractivity contribution < 1.29 is 0 Å². The molecule has 2 aromatic carbocycles. The Balaban J connectivity index is 2.57. The lowest BCUT2D eigenvalue weighted by Crippen LogP contribution is -1.84. The van der Waals surface area contributed by atoms with Gasteiger partial charge in [0.2, 0.25) is 0 Å². The first-order chi connectivity index (χ1) is 7.34. The molecule has 3 rings (SSSR count). The first kappa shape index (κ1) is 8.80. The van der Waals surface area contributed by atoms with E-state index in [1.54, 1.807) is 6.20 Å². The van der Waals surface area contributed by atoms with Gasteiger partial charge in [-0.25, -0.2) is 0 Å². The van der Waals surface area contributed by atoms with Crippen LogP contribution in [0.25, 0.3) is 21.7 Å². The summed E-state index contributed by atoms with van der Waals surface area (Å²) in [5, 5.41) is 11.5. The van der Waals surface area contributed by atoms with Gasteiger partial charge in [0.25, 0.3) is 0 Å². The highest BCUT2D eigenvalue weighted by Crippen LogP contribution is 2.25. The van der Waals surface area contributed by atoms with Crippen LogP contribution in [-0.4, -0.2) is 10.2 Å². The Morgan fingerprint density at radius 1 is 0.933 bits per heavy atom. The van der Waals surface area contributed by atoms with Gasteiger partial charge in [0.15, 0.2) is 0 Å². The Bertz CT molecular complexity index is 649. The van der Waals surface area contributed by atoms with Gasteiger partial charge < -0.3 is 0 Å². The SMILES string of the molecule is Brc1ccc2ccc3ccnnc3c2c1. The minimum Gasteiger partial charge on any atom is -0.158 e. The Labute approximate surface area is 95.1 Å². The van der Waals surface area contributed by atoms with Crippen LogP contribution in [-0.2, 0) is 0 Å². The normalized spacial score (nSPS) is 11.0. The predicted molar refractivity (Wildman–Crippen MR) is 64.7 cm³/mol. The van der Waals surface area contributed by atoms with Gasteiger partial charge in [-0.2, -0.15) is 5.10 Å². The summed E-state index contributed by atoms with van der Waals surface area (Å²) in [5.41, 5.74) is 0.955. The predicted octanol–water partition coefficient (Wildman–Crippen LogP) is 3.55. The fraction of sp³-hybridized carbons (Fsp3) is 0. The Morgan fingerprint density at radius 3 is 2.67 bits per heavy atom. The van der Waals surface area contributed by atoms with Crippen LogP contribution in [0.3, 0.4) is 0 Å². The van der Waals surface area contributed by atoms with Crippen molar-refractivity contribution in [3.8, 4) is 0 Å². The van der Waals surface area contributed by atoms with Gasteiger partial charge in [0.1, 0.15) is 5.52 Å². The van der Waals surface area contributed by atoms with Crippen LogP contribution in [0.2, 0.25) is 0 Å². The third kappa shape index (κ3) is 1.39. The zero-order chi connectivity index (χ0) is 10.3. The highest BCUT2D eigenvalue weighted by molar-refractivity contribution is 9.10. The molecule has 0 bridgehead atoms. The fourth-order valence-corrected chi connectivity index (χ4v) is 2.10. The van der Waals surface area contributed by atoms with Gasteiger partial charge in [-0.3, -0.25) is 0 Å². The number of aromatic nitrogens is 2. The highest BCUT2D eigenvalue weighted by Gasteiger charge is 2.01. The lowest BCUT2D eigenvalue weighted by atomic mass is 10.1. The van der Waals surface area contributed by atoms with Gasteiger partial charge >= 0.3 is 0 Å². The molecular formula is C12H7BrN2. The van der Waals surface area contributed by atoms with Crippen molar-refractivity contribution in [3.63, 3.8) is 0 Å². The first-order valence-corrected chi connectivity index (χ1v) is 5.43. The molecule has 0 fully saturated rings. The monoisotopic (exact) mass is 258 g/mol. The van der Waals surface area contributed by atoms with Crippen LogP contribution in [0.4, 0.5) is 0 Å². The van der Waals surface area contributed by atoms with Crippen molar-refractivity contribution in [1.82, 2.24) is 10.2 Å². The second kappa shape index (κ2) is 3.28. The van der Waals surface area contributed by atoms with Gasteiger partial charge in [-0.15, -0.1) is 5.10 Å². The first-order valence-electron chi connectivity index (χ1n) is 4.64. The number of nitrogens with zero attached hydrogens (tertiary/aromatic N) is 2. The molecule has 0 radical (unpaired) electrons. The average molecular weight is 259 g/mol. The number of halogens is 1. The van der Waals surface area contributed by atoms with Crippen LogP contribution in [0, 0.1) is 0 Å². The molecule has 3 heteroatoms. The molecule has 0 unspecified atom stereocenters. The van der Waals surface area contributed by atoms with Crippen molar-refractivity contribution >= 4 is 37.6 Å². The van der Waals surface area contributed by atoms with E-state index in [0.29, 0.717) is 0 Å². The van der Waals surface area contributed by atoms with Crippen molar-refractivity contribution in [2.24, 2.45) is 0 Å². The summed E-state index contributed by atoms with van der Waals surface area (Å²) in [4.78, 5) is 0. The molecule has 0 saturated heterocycles. The van der Waals surface area contributed by atoms with Crippen LogP contribution in [0.5, 0.6) is 0 Å². The fourth-order valence-electron chi connectivity index (χ4n) is 1.74. The number of fused-ring (bicyclic) bond motifs is 3. The average Bonchev–Trinajstić information content (AvgIpc) is 2.29. The van der Waals surface area contributed by atoms with Crippen molar-refractivity contribution in [2.45, 2.75) is 0 Å². The quantitative estimate of drug-likeness (QED) is 0.577. The molecule has 0 aliphatic rings. The minimum atomic E-state index is 0.955. The molecule has 0 atom stereocenters. The molecule has 0 saturated carbocycles. The van der Waals surface area contributed by atoms with Crippen LogP contribution in [0.1, 0.15) is 0 Å². The van der Waals surface area contributed by atoms with E-state index in [1.807, 2.05) is 12.1 Å². The number of hydrogen-bond acceptors (Lipinski definition) is 2. The summed E-state index contributed by atoms with van der Waals surface area (Å²) in [6.07, 6.45) is 1.71. The molecule has 0 N–H and O–H groups in total. The molecule has 0 amide bonds. The molecule has 1 aromatic heterocycles. The van der Waals surface area contributed by atoms with Crippen molar-refractivity contribution in [1.29, 1.82) is 0 Å². The smallest absolute Gasteiger partial charge is 0.101 e. The summed E-state index contributed by atoms with van der Waals surface area (Å²) in [5.74, 6) is 0. The highest BCUT2D eigenvalue weighted by atomic mass is 79.9. The zero-order valence-electron chi connectivity index (χ0n) is 7.81. The van der Waals surface area contributed by atoms with Gasteiger partial charge in [-0.05, 0) is 23.6 Å². The Kier molecular flexibility index (Phi) is 1.92. The van der Waals surface area contributed by atoms with E-state index in [4.69, 9.17) is 0 Å². The van der Waals surface area contributed by atoms with Gasteiger partial charge in [-0.1, -0.05) is 34.1 Å². The summed E-state index contributed by atoms with van der Waals surface area (Å²) < 4.78 is 1.06. The molecule has 2 nitrogen and oxygen atoms in total. The molecule has 1 heterocycles. The number of benzene rings is 2. The Hall–Kier alpha value is -1.48. The summed E-state index contributed by atoms with van der Waals surface area (Å²) in [7, 11) is 0. The maximum atomic E-state index is 4.18. The van der Waals surface area contributed by atoms with Crippen LogP contribution >= 0.6 is 15.9 Å². The topological polar surface area (TPSA) is 25.8 Å². The maximum Gasteiger partial charge on any atom is 0.101 e. The molecule has 15 heavy (non-hydrogen) atoms. The summed E-state index contributed by atoms with van der Waals surface area (Å²) in [6.45, 7) is 0. The van der Waals surface area contributed by atoms with E-state index in [1.165, 1.54) is 5.39 Å².